The van der Waals surface area contributed by atoms with E-state index in [2.05, 4.69) is 15.6 Å². The van der Waals surface area contributed by atoms with Crippen LogP contribution in [0.4, 0.5) is 23.7 Å². The number of rotatable bonds is 6. The Labute approximate surface area is 226 Å². The Balaban J connectivity index is 1.86. The molecule has 0 saturated carbocycles. The third-order valence-electron chi connectivity index (χ3n) is 5.66. The predicted molar refractivity (Wildman–Crippen MR) is 140 cm³/mol. The van der Waals surface area contributed by atoms with Gasteiger partial charge in [0.2, 0.25) is 0 Å². The Morgan fingerprint density at radius 3 is 2.19 bits per heavy atom. The molecule has 0 aliphatic rings. The molecule has 2 amide bonds. The van der Waals surface area contributed by atoms with Gasteiger partial charge in [-0.25, -0.2) is 4.79 Å². The molecule has 0 spiro atoms. The van der Waals surface area contributed by atoms with E-state index in [1.165, 1.54) is 30.5 Å². The highest BCUT2D eigenvalue weighted by molar-refractivity contribution is 6.42. The molecule has 0 bridgehead atoms. The highest BCUT2D eigenvalue weighted by Crippen LogP contribution is 2.37. The van der Waals surface area contributed by atoms with Crippen LogP contribution in [-0.2, 0) is 18.1 Å². The second-order valence-corrected chi connectivity index (χ2v) is 9.47. The minimum atomic E-state index is -4.59. The van der Waals surface area contributed by atoms with Gasteiger partial charge in [-0.2, -0.15) is 13.2 Å². The quantitative estimate of drug-likeness (QED) is 0.247. The first kappa shape index (κ1) is 26.8. The number of benzene rings is 3. The summed E-state index contributed by atoms with van der Waals surface area (Å²) in [6.07, 6.45) is -3.12. The zero-order valence-electron chi connectivity index (χ0n) is 19.0. The molecule has 0 radical (unpaired) electrons. The number of carbonyl (C=O) groups excluding carboxylic acids is 1. The van der Waals surface area contributed by atoms with Crippen LogP contribution in [-0.4, -0.2) is 11.0 Å². The third kappa shape index (κ3) is 6.36. The first-order valence-corrected chi connectivity index (χ1v) is 12.1. The molecule has 4 aromatic rings. The number of halogens is 6. The molecule has 1 aromatic heterocycles. The SMILES string of the molecule is O=C(Nc1ccc(Cl)c(Cl)c1)NC(Cc1ccccc1)(c1cccc(C(F)(F)F)c1)c1ccc(Cl)cn1. The van der Waals surface area contributed by atoms with Crippen LogP contribution in [0.5, 0.6) is 0 Å². The number of alkyl halides is 3. The molecule has 10 heteroatoms. The van der Waals surface area contributed by atoms with Crippen molar-refractivity contribution < 1.29 is 18.0 Å². The van der Waals surface area contributed by atoms with Gasteiger partial charge in [0.1, 0.15) is 5.54 Å². The van der Waals surface area contributed by atoms with E-state index in [0.29, 0.717) is 21.4 Å². The second kappa shape index (κ2) is 11.0. The fourth-order valence-corrected chi connectivity index (χ4v) is 4.35. The van der Waals surface area contributed by atoms with Crippen molar-refractivity contribution in [3.05, 3.63) is 129 Å². The zero-order valence-corrected chi connectivity index (χ0v) is 21.3. The Morgan fingerprint density at radius 1 is 0.811 bits per heavy atom. The van der Waals surface area contributed by atoms with Crippen LogP contribution < -0.4 is 10.6 Å². The molecule has 4 nitrogen and oxygen atoms in total. The Kier molecular flexibility index (Phi) is 7.97. The van der Waals surface area contributed by atoms with Gasteiger partial charge < -0.3 is 10.6 Å². The van der Waals surface area contributed by atoms with Crippen molar-refractivity contribution in [3.8, 4) is 0 Å². The molecule has 0 aliphatic heterocycles. The number of nitrogens with zero attached hydrogens (tertiary/aromatic N) is 1. The third-order valence-corrected chi connectivity index (χ3v) is 6.63. The maximum Gasteiger partial charge on any atom is 0.416 e. The van der Waals surface area contributed by atoms with Crippen molar-refractivity contribution in [3.63, 3.8) is 0 Å². The molecule has 2 N–H and O–H groups in total. The number of urea groups is 1. The molecule has 0 saturated heterocycles. The van der Waals surface area contributed by atoms with Gasteiger partial charge in [0.15, 0.2) is 0 Å². The van der Waals surface area contributed by atoms with Crippen LogP contribution in [0.3, 0.4) is 0 Å². The Bertz CT molecular complexity index is 1400. The number of anilines is 1. The van der Waals surface area contributed by atoms with Gasteiger partial charge >= 0.3 is 12.2 Å². The van der Waals surface area contributed by atoms with E-state index in [4.69, 9.17) is 34.8 Å². The summed E-state index contributed by atoms with van der Waals surface area (Å²) in [5.74, 6) is 0. The number of hydrogen-bond acceptors (Lipinski definition) is 2. The number of pyridine rings is 1. The molecule has 1 unspecified atom stereocenters. The smallest absolute Gasteiger partial charge is 0.322 e. The zero-order chi connectivity index (χ0) is 26.6. The monoisotopic (exact) mass is 563 g/mol. The number of hydrogen-bond donors (Lipinski definition) is 2. The highest BCUT2D eigenvalue weighted by atomic mass is 35.5. The van der Waals surface area contributed by atoms with E-state index in [1.807, 2.05) is 18.2 Å². The summed E-state index contributed by atoms with van der Waals surface area (Å²) in [7, 11) is 0. The van der Waals surface area contributed by atoms with Crippen molar-refractivity contribution in [2.75, 3.05) is 5.32 Å². The first-order chi connectivity index (χ1) is 17.6. The van der Waals surface area contributed by atoms with Crippen LogP contribution in [0.25, 0.3) is 0 Å². The van der Waals surface area contributed by atoms with Crippen LogP contribution in [0.1, 0.15) is 22.4 Å². The van der Waals surface area contributed by atoms with Crippen LogP contribution in [0.2, 0.25) is 15.1 Å². The molecule has 0 fully saturated rings. The van der Waals surface area contributed by atoms with E-state index < -0.39 is 23.3 Å². The van der Waals surface area contributed by atoms with Gasteiger partial charge in [-0.1, -0.05) is 77.3 Å². The average molecular weight is 565 g/mol. The summed E-state index contributed by atoms with van der Waals surface area (Å²) in [6, 6.07) is 20.8. The average Bonchev–Trinajstić information content (AvgIpc) is 2.86. The minimum Gasteiger partial charge on any atom is -0.322 e. The summed E-state index contributed by atoms with van der Waals surface area (Å²) in [5, 5.41) is 6.44. The molecular weight excluding hydrogens is 546 g/mol. The molecule has 3 aromatic carbocycles. The number of carbonyl (C=O) groups is 1. The normalized spacial score (nSPS) is 13.0. The second-order valence-electron chi connectivity index (χ2n) is 8.22. The van der Waals surface area contributed by atoms with E-state index in [9.17, 15) is 18.0 Å². The number of nitrogens with one attached hydrogen (secondary N) is 2. The topological polar surface area (TPSA) is 54.0 Å². The van der Waals surface area contributed by atoms with Crippen molar-refractivity contribution >= 4 is 46.5 Å². The number of aromatic nitrogens is 1. The lowest BCUT2D eigenvalue weighted by molar-refractivity contribution is -0.137. The number of amides is 2. The van der Waals surface area contributed by atoms with Crippen molar-refractivity contribution in [1.82, 2.24) is 10.3 Å². The molecular formula is C27H19Cl3F3N3O. The summed E-state index contributed by atoms with van der Waals surface area (Å²) in [4.78, 5) is 17.7. The van der Waals surface area contributed by atoms with Gasteiger partial charge in [0.05, 0.1) is 26.3 Å². The summed E-state index contributed by atoms with van der Waals surface area (Å²) >= 11 is 18.1. The largest absolute Gasteiger partial charge is 0.416 e. The van der Waals surface area contributed by atoms with Gasteiger partial charge in [-0.3, -0.25) is 4.98 Å². The minimum absolute atomic E-state index is 0.0958. The van der Waals surface area contributed by atoms with Gasteiger partial charge in [0, 0.05) is 18.3 Å². The lowest BCUT2D eigenvalue weighted by Gasteiger charge is -2.36. The van der Waals surface area contributed by atoms with E-state index in [1.54, 1.807) is 30.3 Å². The summed E-state index contributed by atoms with van der Waals surface area (Å²) in [6.45, 7) is 0. The van der Waals surface area contributed by atoms with E-state index in [0.717, 1.165) is 17.7 Å². The predicted octanol–water partition coefficient (Wildman–Crippen LogP) is 8.37. The Hall–Kier alpha value is -3.26. The summed E-state index contributed by atoms with van der Waals surface area (Å²) in [5.41, 5.74) is -0.786. The first-order valence-electron chi connectivity index (χ1n) is 10.9. The van der Waals surface area contributed by atoms with Crippen LogP contribution in [0.15, 0.2) is 91.1 Å². The molecule has 0 aliphatic carbocycles. The fourth-order valence-electron chi connectivity index (χ4n) is 3.94. The Morgan fingerprint density at radius 2 is 1.54 bits per heavy atom. The van der Waals surface area contributed by atoms with Crippen LogP contribution in [0, 0.1) is 0 Å². The fraction of sp³-hybridized carbons (Fsp3) is 0.111. The van der Waals surface area contributed by atoms with Crippen molar-refractivity contribution in [1.29, 1.82) is 0 Å². The summed E-state index contributed by atoms with van der Waals surface area (Å²) < 4.78 is 41.1. The molecule has 4 rings (SSSR count). The van der Waals surface area contributed by atoms with E-state index >= 15 is 0 Å². The molecule has 1 atom stereocenters. The van der Waals surface area contributed by atoms with Crippen LogP contribution >= 0.6 is 34.8 Å². The lowest BCUT2D eigenvalue weighted by atomic mass is 9.80. The van der Waals surface area contributed by atoms with Gasteiger partial charge in [0.25, 0.3) is 0 Å². The molecule has 37 heavy (non-hydrogen) atoms. The maximum atomic E-state index is 13.7. The van der Waals surface area contributed by atoms with Crippen molar-refractivity contribution in [2.45, 2.75) is 18.1 Å². The van der Waals surface area contributed by atoms with E-state index in [-0.39, 0.29) is 17.0 Å². The molecule has 1 heterocycles. The standard InChI is InChI=1S/C27H19Cl3F3N3O/c28-20-9-12-24(34-16-20)26(15-17-5-2-1-3-6-17,18-7-4-8-19(13-18)27(31,32)33)36-25(37)35-21-10-11-22(29)23(30)14-21/h1-14,16H,15H2,(H2,35,36,37). The van der Waals surface area contributed by atoms with Gasteiger partial charge in [-0.15, -0.1) is 0 Å². The van der Waals surface area contributed by atoms with Gasteiger partial charge in [-0.05, 0) is 53.6 Å². The molecule has 190 valence electrons. The maximum absolute atomic E-state index is 13.7. The van der Waals surface area contributed by atoms with Crippen molar-refractivity contribution in [2.24, 2.45) is 0 Å². The highest BCUT2D eigenvalue weighted by Gasteiger charge is 2.40. The lowest BCUT2D eigenvalue weighted by Crippen LogP contribution is -2.50.